The first-order valence-electron chi connectivity index (χ1n) is 7.06. The van der Waals surface area contributed by atoms with E-state index < -0.39 is 18.0 Å². The molecule has 1 aliphatic heterocycles. The van der Waals surface area contributed by atoms with Gasteiger partial charge in [-0.05, 0) is 24.3 Å². The van der Waals surface area contributed by atoms with E-state index in [0.29, 0.717) is 18.0 Å². The molecule has 1 heterocycles. The van der Waals surface area contributed by atoms with Gasteiger partial charge in [-0.1, -0.05) is 30.3 Å². The van der Waals surface area contributed by atoms with Crippen LogP contribution in [0.15, 0.2) is 30.3 Å². The Labute approximate surface area is 123 Å². The topological polar surface area (TPSA) is 87.7 Å². The molecule has 2 amide bonds. The standard InChI is InChI=1S/C15H20N2O4/c18-14(19)13(12-4-2-1-3-5-12)17-15(20)16-8-6-11-7-9-21-10-11/h1-5,11,13H,6-10H2,(H,18,19)(H2,16,17,20)/t11?,13-/m1/s1. The van der Waals surface area contributed by atoms with Gasteiger partial charge in [0, 0.05) is 19.8 Å². The number of carboxylic acids is 1. The fraction of sp³-hybridized carbons (Fsp3) is 0.467. The number of carboxylic acid groups (broad SMARTS) is 1. The third kappa shape index (κ3) is 4.75. The Morgan fingerprint density at radius 1 is 1.33 bits per heavy atom. The summed E-state index contributed by atoms with van der Waals surface area (Å²) in [5, 5.41) is 14.4. The van der Waals surface area contributed by atoms with Crippen LogP contribution in [0.2, 0.25) is 0 Å². The van der Waals surface area contributed by atoms with Crippen LogP contribution in [0.1, 0.15) is 24.4 Å². The SMILES string of the molecule is O=C(NCCC1CCOC1)N[C@@H](C(=O)O)c1ccccc1. The molecular formula is C15H20N2O4. The Hall–Kier alpha value is -2.08. The average molecular weight is 292 g/mol. The smallest absolute Gasteiger partial charge is 0.330 e. The summed E-state index contributed by atoms with van der Waals surface area (Å²) >= 11 is 0. The van der Waals surface area contributed by atoms with Crippen molar-refractivity contribution in [2.75, 3.05) is 19.8 Å². The monoisotopic (exact) mass is 292 g/mol. The molecule has 0 aliphatic carbocycles. The van der Waals surface area contributed by atoms with Crippen LogP contribution in [0.25, 0.3) is 0 Å². The lowest BCUT2D eigenvalue weighted by Gasteiger charge is -2.16. The molecule has 0 spiro atoms. The number of carbonyl (C=O) groups is 2. The highest BCUT2D eigenvalue weighted by atomic mass is 16.5. The van der Waals surface area contributed by atoms with Crippen LogP contribution in [0.5, 0.6) is 0 Å². The van der Waals surface area contributed by atoms with Gasteiger partial charge in [0.15, 0.2) is 6.04 Å². The van der Waals surface area contributed by atoms with Crippen LogP contribution in [-0.4, -0.2) is 36.9 Å². The van der Waals surface area contributed by atoms with Gasteiger partial charge in [0.25, 0.3) is 0 Å². The van der Waals surface area contributed by atoms with Gasteiger partial charge in [-0.2, -0.15) is 0 Å². The quantitative estimate of drug-likeness (QED) is 0.742. The van der Waals surface area contributed by atoms with Crippen LogP contribution >= 0.6 is 0 Å². The first-order valence-corrected chi connectivity index (χ1v) is 7.06. The molecule has 0 radical (unpaired) electrons. The number of carbonyl (C=O) groups excluding carboxylic acids is 1. The molecule has 1 fully saturated rings. The summed E-state index contributed by atoms with van der Waals surface area (Å²) in [6, 6.07) is 7.12. The van der Waals surface area contributed by atoms with Crippen LogP contribution in [0.4, 0.5) is 4.79 Å². The highest BCUT2D eigenvalue weighted by molar-refractivity contribution is 5.83. The van der Waals surface area contributed by atoms with Crippen LogP contribution in [0, 0.1) is 5.92 Å². The summed E-state index contributed by atoms with van der Waals surface area (Å²) in [7, 11) is 0. The first kappa shape index (κ1) is 15.3. The van der Waals surface area contributed by atoms with Gasteiger partial charge in [-0.3, -0.25) is 0 Å². The number of hydrogen-bond donors (Lipinski definition) is 3. The van der Waals surface area contributed by atoms with E-state index in [9.17, 15) is 14.7 Å². The summed E-state index contributed by atoms with van der Waals surface area (Å²) < 4.78 is 5.26. The highest BCUT2D eigenvalue weighted by Gasteiger charge is 2.22. The van der Waals surface area contributed by atoms with E-state index in [0.717, 1.165) is 26.1 Å². The van der Waals surface area contributed by atoms with E-state index in [1.807, 2.05) is 0 Å². The number of urea groups is 1. The van der Waals surface area contributed by atoms with E-state index in [4.69, 9.17) is 4.74 Å². The lowest BCUT2D eigenvalue weighted by Crippen LogP contribution is -2.41. The molecule has 1 aromatic rings. The van der Waals surface area contributed by atoms with E-state index in [-0.39, 0.29) is 0 Å². The minimum atomic E-state index is -1.08. The Kier molecular flexibility index (Phi) is 5.57. The molecule has 2 rings (SSSR count). The molecule has 1 aromatic carbocycles. The average Bonchev–Trinajstić information content (AvgIpc) is 2.98. The van der Waals surface area contributed by atoms with Crippen LogP contribution in [0.3, 0.4) is 0 Å². The van der Waals surface area contributed by atoms with Crippen molar-refractivity contribution in [1.29, 1.82) is 0 Å². The zero-order chi connectivity index (χ0) is 15.1. The zero-order valence-corrected chi connectivity index (χ0v) is 11.7. The van der Waals surface area contributed by atoms with Crippen molar-refractivity contribution >= 4 is 12.0 Å². The van der Waals surface area contributed by atoms with E-state index >= 15 is 0 Å². The Morgan fingerprint density at radius 2 is 2.10 bits per heavy atom. The van der Waals surface area contributed by atoms with Gasteiger partial charge >= 0.3 is 12.0 Å². The third-order valence-electron chi connectivity index (χ3n) is 3.52. The van der Waals surface area contributed by atoms with Gasteiger partial charge in [-0.15, -0.1) is 0 Å². The molecule has 114 valence electrons. The molecular weight excluding hydrogens is 272 g/mol. The van der Waals surface area contributed by atoms with E-state index in [1.54, 1.807) is 30.3 Å². The number of rotatable bonds is 6. The minimum absolute atomic E-state index is 0.467. The number of amides is 2. The maximum Gasteiger partial charge on any atom is 0.330 e. The Bertz CT molecular complexity index is 472. The lowest BCUT2D eigenvalue weighted by molar-refractivity contribution is -0.139. The second-order valence-corrected chi connectivity index (χ2v) is 5.10. The fourth-order valence-electron chi connectivity index (χ4n) is 2.32. The van der Waals surface area contributed by atoms with E-state index in [1.165, 1.54) is 0 Å². The summed E-state index contributed by atoms with van der Waals surface area (Å²) in [6.45, 7) is 2.04. The fourth-order valence-corrected chi connectivity index (χ4v) is 2.32. The number of benzene rings is 1. The Morgan fingerprint density at radius 3 is 2.71 bits per heavy atom. The molecule has 1 aliphatic rings. The normalized spacial score (nSPS) is 19.0. The van der Waals surface area contributed by atoms with Gasteiger partial charge < -0.3 is 20.5 Å². The summed E-state index contributed by atoms with van der Waals surface area (Å²) in [5.74, 6) is -0.602. The highest BCUT2D eigenvalue weighted by Crippen LogP contribution is 2.15. The van der Waals surface area contributed by atoms with Crippen molar-refractivity contribution in [2.45, 2.75) is 18.9 Å². The molecule has 2 atom stereocenters. The predicted octanol–water partition coefficient (Wildman–Crippen LogP) is 1.54. The first-order chi connectivity index (χ1) is 10.2. The zero-order valence-electron chi connectivity index (χ0n) is 11.7. The maximum absolute atomic E-state index is 11.8. The van der Waals surface area contributed by atoms with Gasteiger partial charge in [0.05, 0.1) is 0 Å². The lowest BCUT2D eigenvalue weighted by atomic mass is 10.1. The van der Waals surface area contributed by atoms with E-state index in [2.05, 4.69) is 10.6 Å². The number of nitrogens with one attached hydrogen (secondary N) is 2. The summed E-state index contributed by atoms with van der Waals surface area (Å²) in [5.41, 5.74) is 0.546. The van der Waals surface area contributed by atoms with Gasteiger partial charge in [0.2, 0.25) is 0 Å². The van der Waals surface area contributed by atoms with Crippen molar-refractivity contribution < 1.29 is 19.4 Å². The molecule has 21 heavy (non-hydrogen) atoms. The van der Waals surface area contributed by atoms with Crippen molar-refractivity contribution in [3.8, 4) is 0 Å². The molecule has 1 unspecified atom stereocenters. The number of ether oxygens (including phenoxy) is 1. The predicted molar refractivity (Wildman–Crippen MR) is 76.9 cm³/mol. The van der Waals surface area contributed by atoms with Crippen molar-refractivity contribution in [2.24, 2.45) is 5.92 Å². The molecule has 0 aromatic heterocycles. The molecule has 0 bridgehead atoms. The summed E-state index contributed by atoms with van der Waals surface area (Å²) in [4.78, 5) is 23.0. The maximum atomic E-state index is 11.8. The molecule has 6 nitrogen and oxygen atoms in total. The van der Waals surface area contributed by atoms with Crippen LogP contribution < -0.4 is 10.6 Å². The second-order valence-electron chi connectivity index (χ2n) is 5.10. The van der Waals surface area contributed by atoms with Gasteiger partial charge in [-0.25, -0.2) is 9.59 Å². The van der Waals surface area contributed by atoms with Crippen LogP contribution in [-0.2, 0) is 9.53 Å². The number of hydrogen-bond acceptors (Lipinski definition) is 3. The molecule has 3 N–H and O–H groups in total. The minimum Gasteiger partial charge on any atom is -0.479 e. The second kappa shape index (κ2) is 7.64. The molecule has 0 saturated carbocycles. The van der Waals surface area contributed by atoms with Crippen molar-refractivity contribution in [3.63, 3.8) is 0 Å². The summed E-state index contributed by atoms with van der Waals surface area (Å²) in [6.07, 6.45) is 1.86. The molecule has 1 saturated heterocycles. The Balaban J connectivity index is 1.80. The van der Waals surface area contributed by atoms with Gasteiger partial charge in [0.1, 0.15) is 0 Å². The largest absolute Gasteiger partial charge is 0.479 e. The van der Waals surface area contributed by atoms with Crippen molar-refractivity contribution in [1.82, 2.24) is 10.6 Å². The number of aliphatic carboxylic acids is 1. The molecule has 6 heteroatoms. The third-order valence-corrected chi connectivity index (χ3v) is 3.52. The van der Waals surface area contributed by atoms with Crippen molar-refractivity contribution in [3.05, 3.63) is 35.9 Å².